The Balaban J connectivity index is 2.12. The topological polar surface area (TPSA) is 77.8 Å². The van der Waals surface area contributed by atoms with Gasteiger partial charge in [0.15, 0.2) is 5.76 Å². The summed E-state index contributed by atoms with van der Waals surface area (Å²) in [6.45, 7) is 2.05. The molecule has 6 nitrogen and oxygen atoms in total. The highest BCUT2D eigenvalue weighted by Crippen LogP contribution is 2.21. The van der Waals surface area contributed by atoms with Crippen molar-refractivity contribution in [2.45, 2.75) is 13.5 Å². The van der Waals surface area contributed by atoms with Crippen LogP contribution < -0.4 is 10.1 Å². The van der Waals surface area contributed by atoms with Crippen molar-refractivity contribution in [3.8, 4) is 5.75 Å². The predicted molar refractivity (Wildman–Crippen MR) is 78.9 cm³/mol. The van der Waals surface area contributed by atoms with Gasteiger partial charge in [0.05, 0.1) is 20.5 Å². The maximum absolute atomic E-state index is 12.0. The maximum atomic E-state index is 12.0. The summed E-state index contributed by atoms with van der Waals surface area (Å²) in [4.78, 5) is 23.7. The summed E-state index contributed by atoms with van der Waals surface area (Å²) in [5.41, 5.74) is 1.83. The SMILES string of the molecule is COC(=O)c1cc(CNC(=O)c2occc2C)ccc1OC. The van der Waals surface area contributed by atoms with Crippen LogP contribution in [0.1, 0.15) is 32.0 Å². The van der Waals surface area contributed by atoms with Crippen molar-refractivity contribution in [3.63, 3.8) is 0 Å². The summed E-state index contributed by atoms with van der Waals surface area (Å²) >= 11 is 0. The van der Waals surface area contributed by atoms with E-state index in [1.54, 1.807) is 31.2 Å². The Morgan fingerprint density at radius 1 is 1.23 bits per heavy atom. The van der Waals surface area contributed by atoms with Crippen molar-refractivity contribution in [1.82, 2.24) is 5.32 Å². The fourth-order valence-corrected chi connectivity index (χ4v) is 2.00. The zero-order chi connectivity index (χ0) is 16.1. The molecule has 0 fully saturated rings. The molecule has 0 bridgehead atoms. The lowest BCUT2D eigenvalue weighted by Crippen LogP contribution is -2.23. The van der Waals surface area contributed by atoms with E-state index in [4.69, 9.17) is 13.9 Å². The van der Waals surface area contributed by atoms with Gasteiger partial charge in [0.2, 0.25) is 0 Å². The van der Waals surface area contributed by atoms with Gasteiger partial charge < -0.3 is 19.2 Å². The molecule has 1 amide bonds. The number of esters is 1. The highest BCUT2D eigenvalue weighted by molar-refractivity contribution is 5.93. The number of aryl methyl sites for hydroxylation is 1. The Bertz CT molecular complexity index is 690. The van der Waals surface area contributed by atoms with Crippen molar-refractivity contribution < 1.29 is 23.5 Å². The summed E-state index contributed by atoms with van der Waals surface area (Å²) in [5, 5.41) is 2.74. The number of rotatable bonds is 5. The highest BCUT2D eigenvalue weighted by atomic mass is 16.5. The number of carbonyl (C=O) groups excluding carboxylic acids is 2. The van der Waals surface area contributed by atoms with Crippen LogP contribution in [-0.2, 0) is 11.3 Å². The van der Waals surface area contributed by atoms with Gasteiger partial charge in [-0.1, -0.05) is 6.07 Å². The Labute approximate surface area is 128 Å². The molecule has 1 aromatic heterocycles. The fourth-order valence-electron chi connectivity index (χ4n) is 2.00. The van der Waals surface area contributed by atoms with E-state index in [1.807, 2.05) is 0 Å². The molecule has 0 aliphatic carbocycles. The largest absolute Gasteiger partial charge is 0.496 e. The third-order valence-corrected chi connectivity index (χ3v) is 3.19. The Morgan fingerprint density at radius 2 is 2.00 bits per heavy atom. The molecule has 0 radical (unpaired) electrons. The van der Waals surface area contributed by atoms with Crippen LogP contribution in [0.5, 0.6) is 5.75 Å². The van der Waals surface area contributed by atoms with Gasteiger partial charge in [0.25, 0.3) is 5.91 Å². The summed E-state index contributed by atoms with van der Waals surface area (Å²) in [6.07, 6.45) is 1.47. The first kappa shape index (κ1) is 15.6. The molecule has 0 saturated heterocycles. The van der Waals surface area contributed by atoms with Crippen LogP contribution in [0.2, 0.25) is 0 Å². The minimum Gasteiger partial charge on any atom is -0.496 e. The van der Waals surface area contributed by atoms with E-state index in [0.29, 0.717) is 11.3 Å². The lowest BCUT2D eigenvalue weighted by molar-refractivity contribution is 0.0597. The summed E-state index contributed by atoms with van der Waals surface area (Å²) in [7, 11) is 2.78. The number of amides is 1. The first-order valence-corrected chi connectivity index (χ1v) is 6.64. The normalized spacial score (nSPS) is 10.1. The second kappa shape index (κ2) is 6.80. The number of furan rings is 1. The average Bonchev–Trinajstić information content (AvgIpc) is 2.97. The smallest absolute Gasteiger partial charge is 0.341 e. The van der Waals surface area contributed by atoms with Crippen LogP contribution in [0.4, 0.5) is 0 Å². The minimum atomic E-state index is -0.494. The van der Waals surface area contributed by atoms with Gasteiger partial charge in [-0.3, -0.25) is 4.79 Å². The molecule has 1 aromatic carbocycles. The van der Waals surface area contributed by atoms with Crippen LogP contribution in [0.3, 0.4) is 0 Å². The number of hydrogen-bond acceptors (Lipinski definition) is 5. The van der Waals surface area contributed by atoms with Gasteiger partial charge in [-0.25, -0.2) is 4.79 Å². The van der Waals surface area contributed by atoms with Crippen molar-refractivity contribution in [2.24, 2.45) is 0 Å². The highest BCUT2D eigenvalue weighted by Gasteiger charge is 2.15. The maximum Gasteiger partial charge on any atom is 0.341 e. The molecule has 0 unspecified atom stereocenters. The molecule has 116 valence electrons. The van der Waals surface area contributed by atoms with Crippen LogP contribution in [0, 0.1) is 6.92 Å². The van der Waals surface area contributed by atoms with Gasteiger partial charge in [0.1, 0.15) is 11.3 Å². The zero-order valence-corrected chi connectivity index (χ0v) is 12.6. The minimum absolute atomic E-state index is 0.257. The molecule has 1 heterocycles. The molecule has 0 saturated carbocycles. The lowest BCUT2D eigenvalue weighted by Gasteiger charge is -2.10. The molecule has 0 aliphatic heterocycles. The second-order valence-corrected chi connectivity index (χ2v) is 4.64. The van der Waals surface area contributed by atoms with Crippen molar-refractivity contribution in [2.75, 3.05) is 14.2 Å². The zero-order valence-electron chi connectivity index (χ0n) is 12.6. The van der Waals surface area contributed by atoms with E-state index in [2.05, 4.69) is 5.32 Å². The van der Waals surface area contributed by atoms with Crippen LogP contribution in [0.15, 0.2) is 34.9 Å². The van der Waals surface area contributed by atoms with Gasteiger partial charge in [-0.2, -0.15) is 0 Å². The summed E-state index contributed by atoms with van der Waals surface area (Å²) in [6, 6.07) is 6.77. The lowest BCUT2D eigenvalue weighted by atomic mass is 10.1. The van der Waals surface area contributed by atoms with E-state index >= 15 is 0 Å². The average molecular weight is 303 g/mol. The number of benzene rings is 1. The van der Waals surface area contributed by atoms with Gasteiger partial charge in [-0.05, 0) is 30.7 Å². The van der Waals surface area contributed by atoms with Crippen molar-refractivity contribution in [3.05, 3.63) is 53.0 Å². The first-order chi connectivity index (χ1) is 10.6. The number of ether oxygens (including phenoxy) is 2. The number of methoxy groups -OCH3 is 2. The quantitative estimate of drug-likeness (QED) is 0.858. The van der Waals surface area contributed by atoms with E-state index in [-0.39, 0.29) is 18.2 Å². The summed E-state index contributed by atoms with van der Waals surface area (Å²) in [5.74, 6) is -0.102. The fraction of sp³-hybridized carbons (Fsp3) is 0.250. The van der Waals surface area contributed by atoms with Crippen molar-refractivity contribution >= 4 is 11.9 Å². The van der Waals surface area contributed by atoms with E-state index < -0.39 is 5.97 Å². The summed E-state index contributed by atoms with van der Waals surface area (Å²) < 4.78 is 15.0. The Kier molecular flexibility index (Phi) is 4.83. The van der Waals surface area contributed by atoms with Gasteiger partial charge in [-0.15, -0.1) is 0 Å². The molecule has 0 atom stereocenters. The molecule has 22 heavy (non-hydrogen) atoms. The molecular weight excluding hydrogens is 286 g/mol. The van der Waals surface area contributed by atoms with Crippen LogP contribution in [-0.4, -0.2) is 26.1 Å². The van der Waals surface area contributed by atoms with Gasteiger partial charge >= 0.3 is 5.97 Å². The standard InChI is InChI=1S/C16H17NO5/c1-10-6-7-22-14(10)15(18)17-9-11-4-5-13(20-2)12(8-11)16(19)21-3/h4-8H,9H2,1-3H3,(H,17,18). The Morgan fingerprint density at radius 3 is 2.59 bits per heavy atom. The number of carbonyl (C=O) groups is 2. The predicted octanol–water partition coefficient (Wildman–Crippen LogP) is 2.31. The van der Waals surface area contributed by atoms with Crippen LogP contribution in [0.25, 0.3) is 0 Å². The van der Waals surface area contributed by atoms with E-state index in [0.717, 1.165) is 11.1 Å². The van der Waals surface area contributed by atoms with E-state index in [1.165, 1.54) is 20.5 Å². The molecule has 2 rings (SSSR count). The number of nitrogens with one attached hydrogen (secondary N) is 1. The monoisotopic (exact) mass is 303 g/mol. The first-order valence-electron chi connectivity index (χ1n) is 6.64. The number of hydrogen-bond donors (Lipinski definition) is 1. The van der Waals surface area contributed by atoms with Crippen molar-refractivity contribution in [1.29, 1.82) is 0 Å². The molecule has 2 aromatic rings. The second-order valence-electron chi connectivity index (χ2n) is 4.64. The van der Waals surface area contributed by atoms with Gasteiger partial charge in [0, 0.05) is 12.1 Å². The van der Waals surface area contributed by atoms with Crippen LogP contribution >= 0.6 is 0 Å². The third kappa shape index (κ3) is 3.28. The molecule has 0 aliphatic rings. The van der Waals surface area contributed by atoms with E-state index in [9.17, 15) is 9.59 Å². The molecule has 6 heteroatoms. The molecule has 1 N–H and O–H groups in total. The Hall–Kier alpha value is -2.76. The molecule has 0 spiro atoms. The molecular formula is C16H17NO5. The third-order valence-electron chi connectivity index (χ3n) is 3.19.